The van der Waals surface area contributed by atoms with Crippen LogP contribution < -0.4 is 5.32 Å². The maximum absolute atomic E-state index is 13.4. The summed E-state index contributed by atoms with van der Waals surface area (Å²) in [6.07, 6.45) is 82.6. The average Bonchev–Trinajstić information content (AvgIpc) is 0.792. The minimum atomic E-state index is -1.80. The lowest BCUT2D eigenvalue weighted by molar-refractivity contribution is -0.359. The largest absolute Gasteiger partial charge is 0.394 e. The van der Waals surface area contributed by atoms with Crippen molar-refractivity contribution in [1.29, 1.82) is 0 Å². The number of amides is 1. The monoisotopic (exact) mass is 1420 g/mol. The molecule has 0 aromatic heterocycles. The SMILES string of the molecule is CC/C=C\C/C=C\C/C=C\C/C=C\CCCCCCCCCCCCCCCCCCCCCCCCCCC(=O)NC(COC1OC(CO)C(OC2OC(CO)C(O)C(O)C2O)C(O)C1O)C(O)/C=C/CC/C=C/CC/C=C/CCCCCCCCCCCCCCCCCCCCCC. The Kier molecular flexibility index (Phi) is 65.5. The Bertz CT molecular complexity index is 2020. The molecular formula is C87H157NO13. The van der Waals surface area contributed by atoms with E-state index < -0.39 is 86.8 Å². The summed E-state index contributed by atoms with van der Waals surface area (Å²) in [6, 6.07) is -0.942. The predicted molar refractivity (Wildman–Crippen MR) is 420 cm³/mol. The number of allylic oxidation sites excluding steroid dienone is 13. The summed E-state index contributed by atoms with van der Waals surface area (Å²) in [5.41, 5.74) is 0. The first-order valence-electron chi connectivity index (χ1n) is 42.3. The minimum absolute atomic E-state index is 0.248. The standard InChI is InChI=1S/C87H157NO13/c1-3-5-7-9-11-13-15-17-19-21-23-25-27-29-31-33-35-36-37-38-39-40-41-43-45-47-49-51-53-55-57-59-61-63-65-67-69-71-79(92)88-75(74-98-86-84(97)82(95)85(78(73-90)100-86)101-87-83(96)81(94)80(93)77(72-89)99-87)76(91)70-68-66-64-62-60-58-56-54-52-50-48-46-44-42-34-32-30-28-26-24-22-20-18-16-14-12-10-8-6-4-2/h5,7,11,13,17,19,23,25,52,54,60,62,68,70,75-78,80-87,89-91,93-97H,3-4,6,8-10,12,14-16,18,20-22,24,26-51,53,55-59,61,63-67,69,71-74H2,1-2H3,(H,88,92)/b7-5-,13-11-,19-17-,25-23-,54-52+,62-60+,70-68+. The van der Waals surface area contributed by atoms with Crippen molar-refractivity contribution >= 4 is 5.91 Å². The molecule has 2 aliphatic rings. The number of ether oxygens (including phenoxy) is 4. The van der Waals surface area contributed by atoms with Crippen LogP contribution in [0, 0.1) is 0 Å². The van der Waals surface area contributed by atoms with Gasteiger partial charge in [0.1, 0.15) is 48.8 Å². The third-order valence-corrected chi connectivity index (χ3v) is 20.3. The molecule has 2 saturated heterocycles. The number of carbonyl (C=O) groups excluding carboxylic acids is 1. The molecule has 0 saturated carbocycles. The second-order valence-corrected chi connectivity index (χ2v) is 29.6. The molecule has 1 amide bonds. The van der Waals surface area contributed by atoms with Crippen LogP contribution in [0.25, 0.3) is 0 Å². The van der Waals surface area contributed by atoms with Gasteiger partial charge in [-0.3, -0.25) is 4.79 Å². The lowest BCUT2D eigenvalue weighted by Gasteiger charge is -2.46. The number of rotatable bonds is 71. The van der Waals surface area contributed by atoms with Crippen molar-refractivity contribution in [2.45, 2.75) is 441 Å². The van der Waals surface area contributed by atoms with Gasteiger partial charge >= 0.3 is 0 Å². The molecule has 14 heteroatoms. The summed E-state index contributed by atoms with van der Waals surface area (Å²) in [4.78, 5) is 13.4. The van der Waals surface area contributed by atoms with Crippen LogP contribution in [0.2, 0.25) is 0 Å². The Hall–Kier alpha value is -2.83. The molecule has 12 atom stereocenters. The summed E-state index contributed by atoms with van der Waals surface area (Å²) < 4.78 is 22.9. The van der Waals surface area contributed by atoms with Gasteiger partial charge in [-0.25, -0.2) is 0 Å². The van der Waals surface area contributed by atoms with Gasteiger partial charge in [0, 0.05) is 6.42 Å². The number of carbonyl (C=O) groups is 1. The third-order valence-electron chi connectivity index (χ3n) is 20.3. The molecule has 2 rings (SSSR count). The predicted octanol–water partition coefficient (Wildman–Crippen LogP) is 19.9. The Balaban J connectivity index is 1.60. The number of hydrogen-bond acceptors (Lipinski definition) is 13. The highest BCUT2D eigenvalue weighted by Gasteiger charge is 2.51. The van der Waals surface area contributed by atoms with Gasteiger partial charge < -0.3 is 65.1 Å². The van der Waals surface area contributed by atoms with Crippen LogP contribution in [0.15, 0.2) is 85.1 Å². The fourth-order valence-corrected chi connectivity index (χ4v) is 13.7. The first-order chi connectivity index (χ1) is 49.6. The van der Waals surface area contributed by atoms with Crippen LogP contribution >= 0.6 is 0 Å². The van der Waals surface area contributed by atoms with Gasteiger partial charge in [-0.15, -0.1) is 0 Å². The second kappa shape index (κ2) is 70.2. The lowest BCUT2D eigenvalue weighted by atomic mass is 9.97. The number of nitrogens with one attached hydrogen (secondary N) is 1. The molecule has 588 valence electrons. The van der Waals surface area contributed by atoms with Crippen LogP contribution in [0.1, 0.15) is 367 Å². The van der Waals surface area contributed by atoms with Gasteiger partial charge in [0.05, 0.1) is 32.0 Å². The Morgan fingerprint density at radius 3 is 1.09 bits per heavy atom. The van der Waals surface area contributed by atoms with Gasteiger partial charge in [-0.05, 0) is 83.5 Å². The molecule has 0 bridgehead atoms. The van der Waals surface area contributed by atoms with E-state index in [2.05, 4.69) is 92.1 Å². The number of unbranched alkanes of at least 4 members (excludes halogenated alkanes) is 46. The zero-order chi connectivity index (χ0) is 73.0. The molecular weight excluding hydrogens is 1270 g/mol. The highest BCUT2D eigenvalue weighted by Crippen LogP contribution is 2.30. The van der Waals surface area contributed by atoms with Crippen molar-refractivity contribution in [1.82, 2.24) is 5.32 Å². The second-order valence-electron chi connectivity index (χ2n) is 29.6. The molecule has 0 radical (unpaired) electrons. The van der Waals surface area contributed by atoms with Crippen LogP contribution in [0.3, 0.4) is 0 Å². The molecule has 12 unspecified atom stereocenters. The van der Waals surface area contributed by atoms with Gasteiger partial charge in [0.15, 0.2) is 12.6 Å². The number of aliphatic hydroxyl groups is 8. The summed E-state index contributed by atoms with van der Waals surface area (Å²) in [6.45, 7) is 2.72. The smallest absolute Gasteiger partial charge is 0.220 e. The van der Waals surface area contributed by atoms with Crippen LogP contribution in [-0.2, 0) is 23.7 Å². The molecule has 2 aliphatic heterocycles. The van der Waals surface area contributed by atoms with Gasteiger partial charge in [0.25, 0.3) is 0 Å². The van der Waals surface area contributed by atoms with E-state index in [0.29, 0.717) is 12.8 Å². The molecule has 0 aromatic carbocycles. The lowest BCUT2D eigenvalue weighted by Crippen LogP contribution is -2.65. The Morgan fingerprint density at radius 1 is 0.366 bits per heavy atom. The van der Waals surface area contributed by atoms with Crippen molar-refractivity contribution < 1.29 is 64.6 Å². The molecule has 9 N–H and O–H groups in total. The molecule has 0 aromatic rings. The summed E-state index contributed by atoms with van der Waals surface area (Å²) in [5.74, 6) is -0.248. The average molecular weight is 1430 g/mol. The molecule has 101 heavy (non-hydrogen) atoms. The van der Waals surface area contributed by atoms with Gasteiger partial charge in [-0.2, -0.15) is 0 Å². The molecule has 0 spiro atoms. The Labute approximate surface area is 618 Å². The summed E-state index contributed by atoms with van der Waals surface area (Å²) in [7, 11) is 0. The minimum Gasteiger partial charge on any atom is -0.394 e. The number of aliphatic hydroxyl groups excluding tert-OH is 8. The molecule has 14 nitrogen and oxygen atoms in total. The van der Waals surface area contributed by atoms with Crippen molar-refractivity contribution in [2.75, 3.05) is 19.8 Å². The first-order valence-corrected chi connectivity index (χ1v) is 42.3. The highest BCUT2D eigenvalue weighted by atomic mass is 16.7. The van der Waals surface area contributed by atoms with Gasteiger partial charge in [-0.1, -0.05) is 362 Å². The summed E-state index contributed by atoms with van der Waals surface area (Å²) >= 11 is 0. The molecule has 0 aliphatic carbocycles. The van der Waals surface area contributed by atoms with E-state index in [0.717, 1.165) is 70.6 Å². The fourth-order valence-electron chi connectivity index (χ4n) is 13.7. The quantitative estimate of drug-likeness (QED) is 0.0204. The fraction of sp³-hybridized carbons (Fsp3) is 0.828. The third kappa shape index (κ3) is 52.7. The number of hydrogen-bond donors (Lipinski definition) is 9. The maximum atomic E-state index is 13.4. The summed E-state index contributed by atoms with van der Waals surface area (Å²) in [5, 5.41) is 87.7. The molecule has 2 heterocycles. The van der Waals surface area contributed by atoms with E-state index in [-0.39, 0.29) is 18.9 Å². The topological polar surface area (TPSA) is 228 Å². The van der Waals surface area contributed by atoms with E-state index in [9.17, 15) is 45.6 Å². The van der Waals surface area contributed by atoms with E-state index in [1.54, 1.807) is 6.08 Å². The van der Waals surface area contributed by atoms with Crippen molar-refractivity contribution in [2.24, 2.45) is 0 Å². The maximum Gasteiger partial charge on any atom is 0.220 e. The normalized spacial score (nSPS) is 22.2. The van der Waals surface area contributed by atoms with Crippen molar-refractivity contribution in [3.05, 3.63) is 85.1 Å². The van der Waals surface area contributed by atoms with Crippen LogP contribution in [-0.4, -0.2) is 140 Å². The highest BCUT2D eigenvalue weighted by molar-refractivity contribution is 5.76. The first kappa shape index (κ1) is 94.3. The van der Waals surface area contributed by atoms with E-state index >= 15 is 0 Å². The zero-order valence-corrected chi connectivity index (χ0v) is 64.6. The van der Waals surface area contributed by atoms with Crippen LogP contribution in [0.4, 0.5) is 0 Å². The van der Waals surface area contributed by atoms with E-state index in [4.69, 9.17) is 18.9 Å². The molecule has 2 fully saturated rings. The van der Waals surface area contributed by atoms with Crippen LogP contribution in [0.5, 0.6) is 0 Å². The van der Waals surface area contributed by atoms with E-state index in [1.807, 2.05) is 6.08 Å². The van der Waals surface area contributed by atoms with Gasteiger partial charge in [0.2, 0.25) is 5.91 Å². The van der Waals surface area contributed by atoms with Crippen molar-refractivity contribution in [3.63, 3.8) is 0 Å². The van der Waals surface area contributed by atoms with E-state index in [1.165, 1.54) is 263 Å². The zero-order valence-electron chi connectivity index (χ0n) is 64.6. The Morgan fingerprint density at radius 2 is 0.693 bits per heavy atom. The van der Waals surface area contributed by atoms with Crippen molar-refractivity contribution in [3.8, 4) is 0 Å².